The Morgan fingerprint density at radius 1 is 0.758 bits per heavy atom. The van der Waals surface area contributed by atoms with Gasteiger partial charge in [-0.25, -0.2) is 26.0 Å². The maximum Gasteiger partial charge on any atom is 0.262 e. The number of rotatable bonds is 6. The molecule has 176 valence electrons. The van der Waals surface area contributed by atoms with E-state index in [9.17, 15) is 21.6 Å². The summed E-state index contributed by atoms with van der Waals surface area (Å²) in [5.41, 5.74) is 0.193. The van der Waals surface area contributed by atoms with Gasteiger partial charge < -0.3 is 9.80 Å². The molecule has 33 heavy (non-hydrogen) atoms. The number of halogens is 4. The highest BCUT2D eigenvalue weighted by atomic mass is 32.2. The van der Waals surface area contributed by atoms with Gasteiger partial charge in [-0.15, -0.1) is 0 Å². The van der Waals surface area contributed by atoms with Gasteiger partial charge in [0.15, 0.2) is 23.3 Å². The van der Waals surface area contributed by atoms with E-state index in [0.29, 0.717) is 11.4 Å². The molecule has 0 aliphatic carbocycles. The molecule has 0 heterocycles. The predicted octanol–water partition coefficient (Wildman–Crippen LogP) is 5.15. The van der Waals surface area contributed by atoms with Crippen molar-refractivity contribution in [3.05, 3.63) is 71.3 Å². The third-order valence-corrected chi connectivity index (χ3v) is 6.53. The average molecular weight is 482 g/mol. The Hall–Kier alpha value is -3.27. The van der Waals surface area contributed by atoms with Crippen molar-refractivity contribution >= 4 is 27.1 Å². The Balaban J connectivity index is 2.36. The van der Waals surface area contributed by atoms with E-state index in [1.165, 1.54) is 36.4 Å². The van der Waals surface area contributed by atoms with Gasteiger partial charge in [-0.05, 0) is 42.3 Å². The first kappa shape index (κ1) is 24.4. The van der Waals surface area contributed by atoms with Crippen LogP contribution in [0.15, 0.2) is 47.4 Å². The van der Waals surface area contributed by atoms with E-state index in [-0.39, 0.29) is 10.5 Å². The summed E-state index contributed by atoms with van der Waals surface area (Å²) in [6.45, 7) is 1.82. The summed E-state index contributed by atoms with van der Waals surface area (Å²) in [4.78, 5) is 3.18. The van der Waals surface area contributed by atoms with Crippen molar-refractivity contribution in [3.8, 4) is 11.1 Å². The summed E-state index contributed by atoms with van der Waals surface area (Å²) in [6.07, 6.45) is 0. The molecule has 0 saturated carbocycles. The first-order valence-corrected chi connectivity index (χ1v) is 11.3. The van der Waals surface area contributed by atoms with Crippen LogP contribution in [0, 0.1) is 30.2 Å². The molecule has 1 N–H and O–H groups in total. The molecule has 5 nitrogen and oxygen atoms in total. The molecule has 0 aliphatic heterocycles. The van der Waals surface area contributed by atoms with Gasteiger partial charge in [0.05, 0.1) is 10.6 Å². The lowest BCUT2D eigenvalue weighted by Gasteiger charge is -2.25. The molecule has 0 bridgehead atoms. The van der Waals surface area contributed by atoms with Gasteiger partial charge >= 0.3 is 0 Å². The number of nitrogens with zero attached hydrogens (tertiary/aromatic N) is 2. The highest BCUT2D eigenvalue weighted by molar-refractivity contribution is 7.92. The zero-order valence-electron chi connectivity index (χ0n) is 18.7. The number of benzene rings is 3. The molecule has 10 heteroatoms. The fourth-order valence-corrected chi connectivity index (χ4v) is 4.64. The SMILES string of the molecule is Cc1c(N(C)C)cc(-c2c(F)c(F)c(F)c(F)c2NS(=O)(=O)c2ccccc2)cc1N(C)C. The molecular formula is C23H23F4N3O2S. The first-order valence-electron chi connectivity index (χ1n) is 9.80. The van der Waals surface area contributed by atoms with E-state index in [4.69, 9.17) is 0 Å². The molecule has 0 amide bonds. The van der Waals surface area contributed by atoms with E-state index in [0.717, 1.165) is 5.56 Å². The lowest BCUT2D eigenvalue weighted by atomic mass is 9.97. The molecular weight excluding hydrogens is 458 g/mol. The molecule has 0 aliphatic rings. The third-order valence-electron chi connectivity index (χ3n) is 5.16. The van der Waals surface area contributed by atoms with Gasteiger partial charge in [0.2, 0.25) is 0 Å². The summed E-state index contributed by atoms with van der Waals surface area (Å²) in [6, 6.07) is 9.82. The molecule has 0 fully saturated rings. The Bertz CT molecular complexity index is 1280. The number of hydrogen-bond acceptors (Lipinski definition) is 4. The van der Waals surface area contributed by atoms with Crippen molar-refractivity contribution in [2.75, 3.05) is 42.7 Å². The molecule has 0 aromatic heterocycles. The minimum atomic E-state index is -4.44. The maximum absolute atomic E-state index is 15.1. The summed E-state index contributed by atoms with van der Waals surface area (Å²) in [7, 11) is 2.48. The largest absolute Gasteiger partial charge is 0.377 e. The second-order valence-corrected chi connectivity index (χ2v) is 9.54. The van der Waals surface area contributed by atoms with Crippen molar-refractivity contribution in [3.63, 3.8) is 0 Å². The topological polar surface area (TPSA) is 52.7 Å². The molecule has 0 saturated heterocycles. The van der Waals surface area contributed by atoms with Crippen LogP contribution < -0.4 is 14.5 Å². The van der Waals surface area contributed by atoms with Crippen LogP contribution in [0.2, 0.25) is 0 Å². The van der Waals surface area contributed by atoms with E-state index in [1.54, 1.807) is 44.1 Å². The van der Waals surface area contributed by atoms with Gasteiger partial charge in [-0.3, -0.25) is 4.72 Å². The molecule has 0 radical (unpaired) electrons. The maximum atomic E-state index is 15.1. The molecule has 0 spiro atoms. The minimum absolute atomic E-state index is 0.0333. The van der Waals surface area contributed by atoms with Crippen LogP contribution in [-0.2, 0) is 10.0 Å². The number of sulfonamides is 1. The quantitative estimate of drug-likeness (QED) is 0.301. The van der Waals surface area contributed by atoms with E-state index in [2.05, 4.69) is 0 Å². The Morgan fingerprint density at radius 3 is 1.73 bits per heavy atom. The van der Waals surface area contributed by atoms with Crippen LogP contribution in [0.25, 0.3) is 11.1 Å². The fourth-order valence-electron chi connectivity index (χ4n) is 3.55. The monoisotopic (exact) mass is 481 g/mol. The molecule has 0 unspecified atom stereocenters. The molecule has 3 aromatic rings. The Morgan fingerprint density at radius 2 is 1.24 bits per heavy atom. The van der Waals surface area contributed by atoms with E-state index >= 15 is 4.39 Å². The minimum Gasteiger partial charge on any atom is -0.377 e. The third kappa shape index (κ3) is 4.47. The van der Waals surface area contributed by atoms with Gasteiger partial charge in [0.25, 0.3) is 10.0 Å². The van der Waals surface area contributed by atoms with Crippen LogP contribution in [0.3, 0.4) is 0 Å². The second-order valence-electron chi connectivity index (χ2n) is 7.85. The summed E-state index contributed by atoms with van der Waals surface area (Å²) < 4.78 is 86.0. The van der Waals surface area contributed by atoms with Crippen LogP contribution in [0.4, 0.5) is 34.6 Å². The highest BCUT2D eigenvalue weighted by Crippen LogP contribution is 2.41. The van der Waals surface area contributed by atoms with Crippen molar-refractivity contribution in [2.45, 2.75) is 11.8 Å². The van der Waals surface area contributed by atoms with Crippen molar-refractivity contribution in [1.82, 2.24) is 0 Å². The predicted molar refractivity (Wildman–Crippen MR) is 122 cm³/mol. The lowest BCUT2D eigenvalue weighted by molar-refractivity contribution is 0.413. The first-order chi connectivity index (χ1) is 15.4. The average Bonchev–Trinajstić information content (AvgIpc) is 2.76. The van der Waals surface area contributed by atoms with Gasteiger partial charge in [-0.2, -0.15) is 0 Å². The zero-order chi connectivity index (χ0) is 24.7. The second kappa shape index (κ2) is 8.93. The smallest absolute Gasteiger partial charge is 0.262 e. The highest BCUT2D eigenvalue weighted by Gasteiger charge is 2.30. The summed E-state index contributed by atoms with van der Waals surface area (Å²) in [5.74, 6) is -7.71. The molecule has 0 atom stereocenters. The van der Waals surface area contributed by atoms with Gasteiger partial charge in [0.1, 0.15) is 0 Å². The number of hydrogen-bond donors (Lipinski definition) is 1. The van der Waals surface area contributed by atoms with E-state index in [1.807, 2.05) is 11.6 Å². The normalized spacial score (nSPS) is 11.4. The molecule has 3 rings (SSSR count). The van der Waals surface area contributed by atoms with E-state index < -0.39 is 44.5 Å². The van der Waals surface area contributed by atoms with Crippen LogP contribution in [0.1, 0.15) is 5.56 Å². The zero-order valence-corrected chi connectivity index (χ0v) is 19.5. The van der Waals surface area contributed by atoms with Gasteiger partial charge in [0, 0.05) is 45.1 Å². The number of nitrogens with one attached hydrogen (secondary N) is 1. The number of anilines is 3. The lowest BCUT2D eigenvalue weighted by Crippen LogP contribution is -2.18. The van der Waals surface area contributed by atoms with Crippen LogP contribution >= 0.6 is 0 Å². The molecule has 3 aromatic carbocycles. The summed E-state index contributed by atoms with van der Waals surface area (Å²) in [5, 5.41) is 0. The van der Waals surface area contributed by atoms with Crippen LogP contribution in [-0.4, -0.2) is 36.6 Å². The van der Waals surface area contributed by atoms with Crippen molar-refractivity contribution < 1.29 is 26.0 Å². The Kier molecular flexibility index (Phi) is 6.60. The van der Waals surface area contributed by atoms with Crippen LogP contribution in [0.5, 0.6) is 0 Å². The van der Waals surface area contributed by atoms with Crippen molar-refractivity contribution in [1.29, 1.82) is 0 Å². The van der Waals surface area contributed by atoms with Crippen molar-refractivity contribution in [2.24, 2.45) is 0 Å². The standard InChI is InChI=1S/C23H23F4N3O2S/c1-13-16(29(2)3)11-14(12-17(13)30(4)5)18-19(24)20(25)21(26)22(27)23(18)28-33(31,32)15-9-7-6-8-10-15/h6-12,28H,1-5H3. The summed E-state index contributed by atoms with van der Waals surface area (Å²) >= 11 is 0. The fraction of sp³-hybridized carbons (Fsp3) is 0.217. The van der Waals surface area contributed by atoms with Gasteiger partial charge in [-0.1, -0.05) is 18.2 Å². The Labute approximate surface area is 190 Å².